The summed E-state index contributed by atoms with van der Waals surface area (Å²) in [5.41, 5.74) is 0.103. The Morgan fingerprint density at radius 1 is 1.38 bits per heavy atom. The Labute approximate surface area is 92.1 Å². The first-order valence-corrected chi connectivity index (χ1v) is 4.64. The van der Waals surface area contributed by atoms with E-state index in [1.807, 2.05) is 0 Å². The molecule has 16 heavy (non-hydrogen) atoms. The molecule has 0 saturated heterocycles. The highest BCUT2D eigenvalue weighted by atomic mass is 17.2. The number of aromatic nitrogens is 1. The molecule has 1 aromatic heterocycles. The second-order valence-electron chi connectivity index (χ2n) is 2.65. The van der Waals surface area contributed by atoms with Gasteiger partial charge < -0.3 is 4.74 Å². The quantitative estimate of drug-likeness (QED) is 0.418. The fourth-order valence-electron chi connectivity index (χ4n) is 0.860. The van der Waals surface area contributed by atoms with E-state index in [2.05, 4.69) is 19.5 Å². The van der Waals surface area contributed by atoms with Gasteiger partial charge in [-0.05, 0) is 19.1 Å². The van der Waals surface area contributed by atoms with Crippen LogP contribution in [0.5, 0.6) is 0 Å². The smallest absolute Gasteiger partial charge is 0.391 e. The standard InChI is InChI=1S/C10H11NO5/c1-2-14-9(12)7-15-16-10(13)8-5-3-4-6-11-8/h3-6H,2,7H2,1H3. The minimum atomic E-state index is -0.759. The summed E-state index contributed by atoms with van der Waals surface area (Å²) in [6, 6.07) is 4.77. The molecule has 0 bridgehead atoms. The van der Waals surface area contributed by atoms with E-state index in [1.54, 1.807) is 19.1 Å². The maximum Gasteiger partial charge on any atom is 0.391 e. The van der Waals surface area contributed by atoms with Crippen LogP contribution in [-0.4, -0.2) is 30.1 Å². The van der Waals surface area contributed by atoms with Crippen LogP contribution in [0, 0.1) is 0 Å². The van der Waals surface area contributed by atoms with Crippen LogP contribution in [0.15, 0.2) is 24.4 Å². The molecule has 0 unspecified atom stereocenters. The highest BCUT2D eigenvalue weighted by molar-refractivity contribution is 5.86. The van der Waals surface area contributed by atoms with E-state index in [0.29, 0.717) is 0 Å². The summed E-state index contributed by atoms with van der Waals surface area (Å²) in [4.78, 5) is 34.5. The van der Waals surface area contributed by atoms with Gasteiger partial charge in [-0.15, -0.1) is 0 Å². The van der Waals surface area contributed by atoms with Crippen molar-refractivity contribution in [2.24, 2.45) is 0 Å². The van der Waals surface area contributed by atoms with Crippen molar-refractivity contribution in [3.8, 4) is 0 Å². The molecule has 1 rings (SSSR count). The molecule has 1 aromatic rings. The van der Waals surface area contributed by atoms with Crippen LogP contribution >= 0.6 is 0 Å². The molecule has 0 radical (unpaired) electrons. The maximum atomic E-state index is 11.2. The molecule has 0 aliphatic rings. The molecule has 0 atom stereocenters. The number of ether oxygens (including phenoxy) is 1. The summed E-state index contributed by atoms with van der Waals surface area (Å²) in [7, 11) is 0. The molecular weight excluding hydrogens is 214 g/mol. The summed E-state index contributed by atoms with van der Waals surface area (Å²) in [5, 5.41) is 0. The lowest BCUT2D eigenvalue weighted by Gasteiger charge is -2.02. The molecule has 0 amide bonds. The predicted octanol–water partition coefficient (Wildman–Crippen LogP) is 0.733. The minimum Gasteiger partial charge on any atom is -0.464 e. The van der Waals surface area contributed by atoms with Crippen molar-refractivity contribution in [1.29, 1.82) is 0 Å². The Morgan fingerprint density at radius 3 is 2.81 bits per heavy atom. The van der Waals surface area contributed by atoms with Crippen molar-refractivity contribution >= 4 is 11.9 Å². The molecule has 86 valence electrons. The van der Waals surface area contributed by atoms with Crippen molar-refractivity contribution in [3.05, 3.63) is 30.1 Å². The Morgan fingerprint density at radius 2 is 2.19 bits per heavy atom. The third-order valence-corrected chi connectivity index (χ3v) is 1.49. The molecule has 0 aliphatic heterocycles. The number of hydrogen-bond acceptors (Lipinski definition) is 6. The van der Waals surface area contributed by atoms with Crippen LogP contribution in [-0.2, 0) is 19.3 Å². The lowest BCUT2D eigenvalue weighted by atomic mass is 10.4. The number of rotatable bonds is 5. The van der Waals surface area contributed by atoms with Crippen molar-refractivity contribution in [3.63, 3.8) is 0 Å². The van der Waals surface area contributed by atoms with Gasteiger partial charge in [-0.2, -0.15) is 4.89 Å². The van der Waals surface area contributed by atoms with E-state index >= 15 is 0 Å². The van der Waals surface area contributed by atoms with Gasteiger partial charge in [0.1, 0.15) is 0 Å². The summed E-state index contributed by atoms with van der Waals surface area (Å²) in [5.74, 6) is -1.36. The molecule has 0 aliphatic carbocycles. The molecule has 0 N–H and O–H groups in total. The van der Waals surface area contributed by atoms with Gasteiger partial charge in [0.05, 0.1) is 6.61 Å². The van der Waals surface area contributed by atoms with Crippen LogP contribution in [0.2, 0.25) is 0 Å². The highest BCUT2D eigenvalue weighted by Gasteiger charge is 2.10. The molecule has 0 aromatic carbocycles. The molecular formula is C10H11NO5. The first kappa shape index (κ1) is 12.1. The fraction of sp³-hybridized carbons (Fsp3) is 0.300. The summed E-state index contributed by atoms with van der Waals surface area (Å²) in [6.45, 7) is 1.47. The van der Waals surface area contributed by atoms with Gasteiger partial charge in [-0.3, -0.25) is 4.89 Å². The van der Waals surface area contributed by atoms with Gasteiger partial charge in [0.15, 0.2) is 12.3 Å². The monoisotopic (exact) mass is 225 g/mol. The molecule has 6 heteroatoms. The fourth-order valence-corrected chi connectivity index (χ4v) is 0.860. The van der Waals surface area contributed by atoms with Gasteiger partial charge in [-0.25, -0.2) is 14.6 Å². The number of hydrogen-bond donors (Lipinski definition) is 0. The maximum absolute atomic E-state index is 11.2. The van der Waals surface area contributed by atoms with Crippen LogP contribution in [0.1, 0.15) is 17.4 Å². The zero-order valence-electron chi connectivity index (χ0n) is 8.71. The van der Waals surface area contributed by atoms with Crippen molar-refractivity contribution in [1.82, 2.24) is 4.98 Å². The normalized spacial score (nSPS) is 9.56. The van der Waals surface area contributed by atoms with Crippen LogP contribution in [0.3, 0.4) is 0 Å². The van der Waals surface area contributed by atoms with Crippen molar-refractivity contribution in [2.45, 2.75) is 6.92 Å². The lowest BCUT2D eigenvalue weighted by molar-refractivity contribution is -0.243. The van der Waals surface area contributed by atoms with Gasteiger partial charge in [0, 0.05) is 6.20 Å². The number of nitrogens with zero attached hydrogens (tertiary/aromatic N) is 1. The zero-order chi connectivity index (χ0) is 11.8. The number of esters is 1. The van der Waals surface area contributed by atoms with Crippen LogP contribution in [0.25, 0.3) is 0 Å². The van der Waals surface area contributed by atoms with E-state index in [-0.39, 0.29) is 12.3 Å². The number of carbonyl (C=O) groups excluding carboxylic acids is 2. The number of carbonyl (C=O) groups is 2. The van der Waals surface area contributed by atoms with E-state index in [0.717, 1.165) is 0 Å². The third kappa shape index (κ3) is 4.05. The van der Waals surface area contributed by atoms with Gasteiger partial charge >= 0.3 is 11.9 Å². The summed E-state index contributed by atoms with van der Waals surface area (Å²) < 4.78 is 4.56. The van der Waals surface area contributed by atoms with Gasteiger partial charge in [0.25, 0.3) is 0 Å². The SMILES string of the molecule is CCOC(=O)COOC(=O)c1ccccn1. The topological polar surface area (TPSA) is 74.7 Å². The zero-order valence-corrected chi connectivity index (χ0v) is 8.71. The minimum absolute atomic E-state index is 0.103. The largest absolute Gasteiger partial charge is 0.464 e. The van der Waals surface area contributed by atoms with Gasteiger partial charge in [-0.1, -0.05) is 6.07 Å². The molecule has 6 nitrogen and oxygen atoms in total. The molecule has 0 saturated carbocycles. The molecule has 0 spiro atoms. The Bertz CT molecular complexity index is 351. The predicted molar refractivity (Wildman–Crippen MR) is 52.2 cm³/mol. The van der Waals surface area contributed by atoms with Crippen LogP contribution < -0.4 is 0 Å². The summed E-state index contributed by atoms with van der Waals surface area (Å²) in [6.07, 6.45) is 1.45. The van der Waals surface area contributed by atoms with Gasteiger partial charge in [0.2, 0.25) is 0 Å². The van der Waals surface area contributed by atoms with E-state index in [9.17, 15) is 9.59 Å². The van der Waals surface area contributed by atoms with Crippen LogP contribution in [0.4, 0.5) is 0 Å². The Kier molecular flexibility index (Phi) is 4.94. The second kappa shape index (κ2) is 6.52. The Hall–Kier alpha value is -1.95. The molecule has 0 fully saturated rings. The van der Waals surface area contributed by atoms with E-state index in [4.69, 9.17) is 0 Å². The average Bonchev–Trinajstić information content (AvgIpc) is 2.30. The van der Waals surface area contributed by atoms with E-state index < -0.39 is 18.5 Å². The second-order valence-corrected chi connectivity index (χ2v) is 2.65. The summed E-state index contributed by atoms with van der Waals surface area (Å²) >= 11 is 0. The lowest BCUT2D eigenvalue weighted by Crippen LogP contribution is -2.15. The highest BCUT2D eigenvalue weighted by Crippen LogP contribution is 1.97. The Balaban J connectivity index is 2.29. The molecule has 1 heterocycles. The van der Waals surface area contributed by atoms with Crippen molar-refractivity contribution in [2.75, 3.05) is 13.2 Å². The first-order chi connectivity index (χ1) is 7.74. The average molecular weight is 225 g/mol. The van der Waals surface area contributed by atoms with E-state index in [1.165, 1.54) is 12.3 Å². The third-order valence-electron chi connectivity index (χ3n) is 1.49. The van der Waals surface area contributed by atoms with Crippen molar-refractivity contribution < 1.29 is 24.1 Å². The number of pyridine rings is 1. The first-order valence-electron chi connectivity index (χ1n) is 4.64.